The molecule has 0 aromatic rings. The van der Waals surface area contributed by atoms with E-state index in [0.29, 0.717) is 18.5 Å². The largest absolute Gasteiger partial charge is 0.378 e. The van der Waals surface area contributed by atoms with E-state index < -0.39 is 0 Å². The molecule has 0 spiro atoms. The molecule has 1 saturated carbocycles. The minimum absolute atomic E-state index is 0.0513. The monoisotopic (exact) mass is 254 g/mol. The molecule has 4 nitrogen and oxygen atoms in total. The number of amides is 1. The van der Waals surface area contributed by atoms with E-state index in [0.717, 1.165) is 25.9 Å². The molecule has 2 N–H and O–H groups in total. The van der Waals surface area contributed by atoms with Crippen LogP contribution in [0.15, 0.2) is 0 Å². The lowest BCUT2D eigenvalue weighted by Crippen LogP contribution is -2.48. The highest BCUT2D eigenvalue weighted by Gasteiger charge is 2.37. The van der Waals surface area contributed by atoms with Crippen LogP contribution >= 0.6 is 0 Å². The number of nitrogens with two attached hydrogens (primary N) is 1. The van der Waals surface area contributed by atoms with Crippen molar-refractivity contribution in [2.75, 3.05) is 20.2 Å². The number of hydrogen-bond acceptors (Lipinski definition) is 3. The van der Waals surface area contributed by atoms with Gasteiger partial charge in [0.05, 0.1) is 12.0 Å². The second-order valence-electron chi connectivity index (χ2n) is 5.77. The first-order valence-corrected chi connectivity index (χ1v) is 7.23. The van der Waals surface area contributed by atoms with Crippen molar-refractivity contribution in [1.82, 2.24) is 4.90 Å². The SMILES string of the molecule is CC1OCCC1C(=O)N(C)C1CCCCC1CN. The molecule has 0 aromatic carbocycles. The van der Waals surface area contributed by atoms with E-state index in [4.69, 9.17) is 10.5 Å². The van der Waals surface area contributed by atoms with Crippen LogP contribution in [0.5, 0.6) is 0 Å². The molecule has 104 valence electrons. The minimum Gasteiger partial charge on any atom is -0.378 e. The third kappa shape index (κ3) is 2.69. The van der Waals surface area contributed by atoms with Gasteiger partial charge in [0.25, 0.3) is 0 Å². The molecular weight excluding hydrogens is 228 g/mol. The molecule has 0 radical (unpaired) electrons. The van der Waals surface area contributed by atoms with E-state index in [1.807, 2.05) is 18.9 Å². The first-order chi connectivity index (χ1) is 8.65. The van der Waals surface area contributed by atoms with Gasteiger partial charge in [0.1, 0.15) is 0 Å². The highest BCUT2D eigenvalue weighted by atomic mass is 16.5. The second-order valence-corrected chi connectivity index (χ2v) is 5.77. The molecule has 0 bridgehead atoms. The van der Waals surface area contributed by atoms with E-state index >= 15 is 0 Å². The van der Waals surface area contributed by atoms with Gasteiger partial charge in [0, 0.05) is 19.7 Å². The van der Waals surface area contributed by atoms with Crippen LogP contribution in [-0.2, 0) is 9.53 Å². The Hall–Kier alpha value is -0.610. The Balaban J connectivity index is 2.00. The minimum atomic E-state index is 0.0513. The molecule has 1 aliphatic heterocycles. The highest BCUT2D eigenvalue weighted by molar-refractivity contribution is 5.79. The van der Waals surface area contributed by atoms with Crippen LogP contribution in [0.1, 0.15) is 39.0 Å². The average Bonchev–Trinajstić information content (AvgIpc) is 2.83. The number of carbonyl (C=O) groups is 1. The van der Waals surface area contributed by atoms with Crippen LogP contribution in [0.2, 0.25) is 0 Å². The van der Waals surface area contributed by atoms with Gasteiger partial charge in [-0.2, -0.15) is 0 Å². The topological polar surface area (TPSA) is 55.6 Å². The molecule has 1 heterocycles. The number of nitrogens with zero attached hydrogens (tertiary/aromatic N) is 1. The van der Waals surface area contributed by atoms with Gasteiger partial charge in [-0.3, -0.25) is 4.79 Å². The van der Waals surface area contributed by atoms with Crippen molar-refractivity contribution < 1.29 is 9.53 Å². The standard InChI is InChI=1S/C14H26N2O2/c1-10-12(7-8-18-10)14(17)16(2)13-6-4-3-5-11(13)9-15/h10-13H,3-9,15H2,1-2H3. The summed E-state index contributed by atoms with van der Waals surface area (Å²) in [6, 6.07) is 0.337. The van der Waals surface area contributed by atoms with Crippen molar-refractivity contribution in [2.45, 2.75) is 51.2 Å². The summed E-state index contributed by atoms with van der Waals surface area (Å²) in [5.74, 6) is 0.783. The first kappa shape index (κ1) is 13.8. The third-order valence-electron chi connectivity index (χ3n) is 4.71. The summed E-state index contributed by atoms with van der Waals surface area (Å²) in [6.45, 7) is 3.42. The van der Waals surface area contributed by atoms with Gasteiger partial charge < -0.3 is 15.4 Å². The van der Waals surface area contributed by atoms with Crippen molar-refractivity contribution in [1.29, 1.82) is 0 Å². The van der Waals surface area contributed by atoms with Gasteiger partial charge in [-0.05, 0) is 38.6 Å². The number of rotatable bonds is 3. The van der Waals surface area contributed by atoms with Gasteiger partial charge in [0.2, 0.25) is 5.91 Å². The Bertz CT molecular complexity index is 296. The van der Waals surface area contributed by atoms with E-state index in [1.54, 1.807) is 0 Å². The first-order valence-electron chi connectivity index (χ1n) is 7.23. The summed E-state index contributed by atoms with van der Waals surface area (Å²) in [7, 11) is 1.95. The molecule has 2 rings (SSSR count). The molecule has 4 heteroatoms. The van der Waals surface area contributed by atoms with Crippen LogP contribution in [-0.4, -0.2) is 43.2 Å². The molecule has 4 atom stereocenters. The van der Waals surface area contributed by atoms with Crippen molar-refractivity contribution in [3.63, 3.8) is 0 Å². The lowest BCUT2D eigenvalue weighted by molar-refractivity contribution is -0.139. The third-order valence-corrected chi connectivity index (χ3v) is 4.71. The van der Waals surface area contributed by atoms with E-state index in [-0.39, 0.29) is 17.9 Å². The fourth-order valence-corrected chi connectivity index (χ4v) is 3.45. The Labute approximate surface area is 110 Å². The molecular formula is C14H26N2O2. The van der Waals surface area contributed by atoms with Gasteiger partial charge in [-0.15, -0.1) is 0 Å². The van der Waals surface area contributed by atoms with E-state index in [2.05, 4.69) is 0 Å². The summed E-state index contributed by atoms with van der Waals surface area (Å²) in [4.78, 5) is 14.5. The van der Waals surface area contributed by atoms with Crippen LogP contribution in [0.4, 0.5) is 0 Å². The number of ether oxygens (including phenoxy) is 1. The summed E-state index contributed by atoms with van der Waals surface area (Å²) >= 11 is 0. The zero-order valence-electron chi connectivity index (χ0n) is 11.6. The van der Waals surface area contributed by atoms with Crippen LogP contribution < -0.4 is 5.73 Å². The summed E-state index contributed by atoms with van der Waals surface area (Å²) < 4.78 is 5.51. The van der Waals surface area contributed by atoms with Crippen LogP contribution in [0.3, 0.4) is 0 Å². The fraction of sp³-hybridized carbons (Fsp3) is 0.929. The Morgan fingerprint density at radius 3 is 2.67 bits per heavy atom. The van der Waals surface area contributed by atoms with Crippen molar-refractivity contribution >= 4 is 5.91 Å². The number of hydrogen-bond donors (Lipinski definition) is 1. The molecule has 4 unspecified atom stereocenters. The zero-order chi connectivity index (χ0) is 13.1. The molecule has 1 amide bonds. The maximum absolute atomic E-state index is 12.5. The smallest absolute Gasteiger partial charge is 0.228 e. The van der Waals surface area contributed by atoms with Gasteiger partial charge in [-0.25, -0.2) is 0 Å². The normalized spacial score (nSPS) is 36.6. The summed E-state index contributed by atoms with van der Waals surface area (Å²) in [5.41, 5.74) is 5.85. The van der Waals surface area contributed by atoms with Gasteiger partial charge in [-0.1, -0.05) is 12.8 Å². The van der Waals surface area contributed by atoms with Crippen LogP contribution in [0.25, 0.3) is 0 Å². The predicted octanol–water partition coefficient (Wildman–Crippen LogP) is 1.39. The highest BCUT2D eigenvalue weighted by Crippen LogP contribution is 2.30. The maximum atomic E-state index is 12.5. The summed E-state index contributed by atoms with van der Waals surface area (Å²) in [6.07, 6.45) is 5.67. The van der Waals surface area contributed by atoms with Gasteiger partial charge >= 0.3 is 0 Å². The van der Waals surface area contributed by atoms with Crippen molar-refractivity contribution in [3.05, 3.63) is 0 Å². The predicted molar refractivity (Wildman–Crippen MR) is 71.1 cm³/mol. The second kappa shape index (κ2) is 6.02. The average molecular weight is 254 g/mol. The Morgan fingerprint density at radius 1 is 1.33 bits per heavy atom. The summed E-state index contributed by atoms with van der Waals surface area (Å²) in [5, 5.41) is 0. The molecule has 1 aliphatic carbocycles. The quantitative estimate of drug-likeness (QED) is 0.828. The lowest BCUT2D eigenvalue weighted by atomic mass is 9.83. The Kier molecular flexibility index (Phi) is 4.62. The number of carbonyl (C=O) groups excluding carboxylic acids is 1. The van der Waals surface area contributed by atoms with Crippen molar-refractivity contribution in [3.8, 4) is 0 Å². The van der Waals surface area contributed by atoms with E-state index in [1.165, 1.54) is 12.8 Å². The lowest BCUT2D eigenvalue weighted by Gasteiger charge is -2.38. The molecule has 18 heavy (non-hydrogen) atoms. The Morgan fingerprint density at radius 2 is 2.06 bits per heavy atom. The van der Waals surface area contributed by atoms with E-state index in [9.17, 15) is 4.79 Å². The zero-order valence-corrected chi connectivity index (χ0v) is 11.6. The maximum Gasteiger partial charge on any atom is 0.228 e. The fourth-order valence-electron chi connectivity index (χ4n) is 3.45. The molecule has 2 aliphatic rings. The molecule has 1 saturated heterocycles. The molecule has 2 fully saturated rings. The van der Waals surface area contributed by atoms with Crippen molar-refractivity contribution in [2.24, 2.45) is 17.6 Å². The van der Waals surface area contributed by atoms with Crippen LogP contribution in [0, 0.1) is 11.8 Å². The molecule has 0 aromatic heterocycles. The van der Waals surface area contributed by atoms with Gasteiger partial charge in [0.15, 0.2) is 0 Å².